The average molecular weight is 551 g/mol. The predicted molar refractivity (Wildman–Crippen MR) is 126 cm³/mol. The SMILES string of the molecule is C1=CC2[CH-]C3CCCCC3C2C=C1.C1=CC2[CH-]C3CCCCC3C2C=C1.C[C](C)=[Zr+2].[Cl-].[Cl-]. The van der Waals surface area contributed by atoms with Gasteiger partial charge in [0, 0.05) is 0 Å². The van der Waals surface area contributed by atoms with Gasteiger partial charge in [0.15, 0.2) is 0 Å². The number of allylic oxidation sites excluding steroid dienone is 8. The van der Waals surface area contributed by atoms with Crippen LogP contribution >= 0.6 is 0 Å². The quantitative estimate of drug-likeness (QED) is 0.401. The maximum atomic E-state index is 2.62. The van der Waals surface area contributed by atoms with Crippen LogP contribution in [0.5, 0.6) is 0 Å². The van der Waals surface area contributed by atoms with E-state index in [2.05, 4.69) is 75.3 Å². The molecule has 0 bridgehead atoms. The summed E-state index contributed by atoms with van der Waals surface area (Å²) in [5, 5.41) is 0. The van der Waals surface area contributed by atoms with Crippen LogP contribution in [0.15, 0.2) is 48.6 Å². The van der Waals surface area contributed by atoms with Crippen molar-refractivity contribution in [1.29, 1.82) is 0 Å². The minimum atomic E-state index is 0. The maximum absolute atomic E-state index is 2.62. The van der Waals surface area contributed by atoms with Gasteiger partial charge in [0.2, 0.25) is 0 Å². The summed E-state index contributed by atoms with van der Waals surface area (Å²) in [6.07, 6.45) is 35.5. The summed E-state index contributed by atoms with van der Waals surface area (Å²) in [4.78, 5) is 0. The van der Waals surface area contributed by atoms with Crippen LogP contribution in [0, 0.1) is 60.2 Å². The van der Waals surface area contributed by atoms with E-state index < -0.39 is 0 Å². The molecule has 8 atom stereocenters. The van der Waals surface area contributed by atoms with Crippen LogP contribution in [-0.2, 0) is 24.2 Å². The molecule has 0 saturated heterocycles. The largest absolute Gasteiger partial charge is 1.00 e. The Morgan fingerprint density at radius 3 is 1.38 bits per heavy atom. The van der Waals surface area contributed by atoms with E-state index >= 15 is 0 Å². The molecule has 32 heavy (non-hydrogen) atoms. The Bertz CT molecular complexity index is 648. The van der Waals surface area contributed by atoms with Gasteiger partial charge in [0.1, 0.15) is 0 Å². The van der Waals surface area contributed by atoms with Gasteiger partial charge >= 0.3 is 41.3 Å². The van der Waals surface area contributed by atoms with Crippen LogP contribution in [0.1, 0.15) is 65.2 Å². The monoisotopic (exact) mass is 548 g/mol. The van der Waals surface area contributed by atoms with E-state index in [4.69, 9.17) is 0 Å². The summed E-state index contributed by atoms with van der Waals surface area (Å²) in [5.74, 6) is 7.12. The number of halogens is 2. The van der Waals surface area contributed by atoms with Crippen LogP contribution in [0.4, 0.5) is 0 Å². The fourth-order valence-electron chi connectivity index (χ4n) is 6.91. The van der Waals surface area contributed by atoms with E-state index in [-0.39, 0.29) is 24.8 Å². The van der Waals surface area contributed by atoms with Crippen molar-refractivity contribution in [3.63, 3.8) is 0 Å². The van der Waals surface area contributed by atoms with Crippen LogP contribution in [0.2, 0.25) is 0 Å². The van der Waals surface area contributed by atoms with E-state index in [1.165, 1.54) is 54.6 Å². The van der Waals surface area contributed by atoms with Crippen LogP contribution in [0.25, 0.3) is 0 Å². The maximum Gasteiger partial charge on any atom is -1.00 e. The molecule has 4 saturated carbocycles. The van der Waals surface area contributed by atoms with Crippen molar-refractivity contribution < 1.29 is 49.0 Å². The van der Waals surface area contributed by atoms with Crippen molar-refractivity contribution in [2.75, 3.05) is 0 Å². The molecule has 8 unspecified atom stereocenters. The van der Waals surface area contributed by atoms with Crippen molar-refractivity contribution in [3.05, 3.63) is 61.4 Å². The van der Waals surface area contributed by atoms with Gasteiger partial charge in [-0.15, -0.1) is 24.0 Å². The Kier molecular flexibility index (Phi) is 12.5. The van der Waals surface area contributed by atoms with Crippen molar-refractivity contribution in [2.45, 2.75) is 65.2 Å². The van der Waals surface area contributed by atoms with Crippen molar-refractivity contribution in [1.82, 2.24) is 0 Å². The second kappa shape index (κ2) is 14.0. The fraction of sp³-hybridized carbons (Fsp3) is 0.621. The first-order chi connectivity index (χ1) is 14.6. The number of hydrogen-bond acceptors (Lipinski definition) is 0. The van der Waals surface area contributed by atoms with Gasteiger partial charge in [-0.25, -0.2) is 0 Å². The normalized spacial score (nSPS) is 39.4. The molecule has 0 radical (unpaired) electrons. The minimum absolute atomic E-state index is 0. The Morgan fingerprint density at radius 1 is 0.625 bits per heavy atom. The zero-order valence-corrected chi connectivity index (χ0v) is 23.8. The smallest absolute Gasteiger partial charge is 1.00 e. The summed E-state index contributed by atoms with van der Waals surface area (Å²) in [6, 6.07) is 0. The van der Waals surface area contributed by atoms with Crippen molar-refractivity contribution in [3.8, 4) is 0 Å². The summed E-state index contributed by atoms with van der Waals surface area (Å²) >= 11 is 1.55. The number of rotatable bonds is 0. The second-order valence-corrected chi connectivity index (χ2v) is 12.9. The van der Waals surface area contributed by atoms with E-state index in [0.717, 1.165) is 47.3 Å². The predicted octanol–water partition coefficient (Wildman–Crippen LogP) is 1.49. The molecule has 0 aliphatic heterocycles. The molecule has 176 valence electrons. The minimum Gasteiger partial charge on any atom is -1.00 e. The third-order valence-corrected chi connectivity index (χ3v) is 8.12. The zero-order chi connectivity index (χ0) is 20.9. The van der Waals surface area contributed by atoms with E-state index in [0.29, 0.717) is 0 Å². The first-order valence-electron chi connectivity index (χ1n) is 12.5. The van der Waals surface area contributed by atoms with Gasteiger partial charge in [-0.1, -0.05) is 99.7 Å². The molecule has 6 rings (SSSR count). The van der Waals surface area contributed by atoms with Gasteiger partial charge < -0.3 is 37.7 Å². The number of fused-ring (bicyclic) bond motifs is 6. The Labute approximate surface area is 225 Å². The molecule has 0 aromatic carbocycles. The first kappa shape index (κ1) is 28.5. The van der Waals surface area contributed by atoms with Gasteiger partial charge in [-0.2, -0.15) is 11.8 Å². The first-order valence-corrected chi connectivity index (χ1v) is 13.8. The molecule has 6 aliphatic rings. The molecule has 0 spiro atoms. The molecule has 0 heterocycles. The average Bonchev–Trinajstić information content (AvgIpc) is 3.32. The number of hydrogen-bond donors (Lipinski definition) is 0. The Hall–Kier alpha value is 0.293. The molecule has 0 N–H and O–H groups in total. The van der Waals surface area contributed by atoms with Gasteiger partial charge in [0.05, 0.1) is 0 Å². The summed E-state index contributed by atoms with van der Waals surface area (Å²) < 4.78 is 1.51. The topological polar surface area (TPSA) is 0 Å². The molecule has 0 nitrogen and oxygen atoms in total. The van der Waals surface area contributed by atoms with Gasteiger partial charge in [-0.05, 0) is 11.8 Å². The van der Waals surface area contributed by atoms with E-state index in [1.807, 2.05) is 0 Å². The van der Waals surface area contributed by atoms with Crippen LogP contribution in [0.3, 0.4) is 0 Å². The molecule has 0 aromatic heterocycles. The molecule has 0 amide bonds. The molecule has 0 aromatic rings. The molecular weight excluding hydrogens is 510 g/mol. The zero-order valence-electron chi connectivity index (χ0n) is 19.8. The van der Waals surface area contributed by atoms with E-state index in [9.17, 15) is 0 Å². The molecule has 3 heteroatoms. The summed E-state index contributed by atoms with van der Waals surface area (Å²) in [6.45, 7) is 4.25. The molecular formula is C29H40Cl2Zr-2. The molecule has 4 fully saturated rings. The summed E-state index contributed by atoms with van der Waals surface area (Å²) in [5.41, 5.74) is 0. The Morgan fingerprint density at radius 2 is 0.969 bits per heavy atom. The van der Waals surface area contributed by atoms with Crippen LogP contribution in [-0.4, -0.2) is 3.21 Å². The third-order valence-electron chi connectivity index (χ3n) is 8.12. The summed E-state index contributed by atoms with van der Waals surface area (Å²) in [7, 11) is 0. The molecule has 6 aliphatic carbocycles. The van der Waals surface area contributed by atoms with Gasteiger partial charge in [0.25, 0.3) is 0 Å². The fourth-order valence-corrected chi connectivity index (χ4v) is 6.91. The standard InChI is InChI=1S/2C13H17.C3H6.2ClH.Zr/c2*1-3-7-12-10(5-1)9-11-6-2-4-8-13(11)12;1-3-2;;;/h2*1,3,5,7,9-13H,2,4,6,8H2;1-2H3;2*1H;/q2*-1;;;;+2/p-2. The third kappa shape index (κ3) is 7.15. The van der Waals surface area contributed by atoms with E-state index in [1.54, 1.807) is 24.2 Å². The van der Waals surface area contributed by atoms with Gasteiger partial charge in [-0.3, -0.25) is 0 Å². The van der Waals surface area contributed by atoms with Crippen molar-refractivity contribution in [2.24, 2.45) is 47.3 Å². The van der Waals surface area contributed by atoms with Crippen LogP contribution < -0.4 is 24.8 Å². The van der Waals surface area contributed by atoms with Crippen molar-refractivity contribution >= 4 is 3.21 Å². The second-order valence-electron chi connectivity index (χ2n) is 10.5. The Balaban J connectivity index is 0.000000185.